The van der Waals surface area contributed by atoms with Gasteiger partial charge in [-0.25, -0.2) is 0 Å². The van der Waals surface area contributed by atoms with Crippen LogP contribution in [-0.2, 0) is 4.79 Å². The number of anilines is 1. The van der Waals surface area contributed by atoms with Gasteiger partial charge in [0.2, 0.25) is 5.91 Å². The quantitative estimate of drug-likeness (QED) is 0.836. The molecule has 18 heavy (non-hydrogen) atoms. The molecule has 1 aliphatic rings. The zero-order valence-electron chi connectivity index (χ0n) is 11.0. The third-order valence-corrected chi connectivity index (χ3v) is 3.63. The average Bonchev–Trinajstić information content (AvgIpc) is 2.31. The zero-order chi connectivity index (χ0) is 13.3. The van der Waals surface area contributed by atoms with Crippen LogP contribution < -0.4 is 5.32 Å². The summed E-state index contributed by atoms with van der Waals surface area (Å²) in [4.78, 5) is 12.2. The summed E-state index contributed by atoms with van der Waals surface area (Å²) in [7, 11) is 0. The van der Waals surface area contributed by atoms with Crippen LogP contribution >= 0.6 is 11.6 Å². The molecule has 0 atom stereocenters. The van der Waals surface area contributed by atoms with Crippen molar-refractivity contribution in [2.24, 2.45) is 5.41 Å². The van der Waals surface area contributed by atoms with Crippen molar-refractivity contribution in [1.82, 2.24) is 0 Å². The van der Waals surface area contributed by atoms with Gasteiger partial charge in [0, 0.05) is 16.3 Å². The van der Waals surface area contributed by atoms with Crippen molar-refractivity contribution < 1.29 is 4.79 Å². The highest BCUT2D eigenvalue weighted by Crippen LogP contribution is 2.44. The SMILES string of the molecule is CCCC=C1c2cc(Cl)ccc2NC(=O)C1(C)C. The number of amides is 1. The Hall–Kier alpha value is -1.28. The molecule has 96 valence electrons. The van der Waals surface area contributed by atoms with Gasteiger partial charge in [-0.2, -0.15) is 0 Å². The van der Waals surface area contributed by atoms with E-state index in [1.54, 1.807) is 6.07 Å². The van der Waals surface area contributed by atoms with Gasteiger partial charge >= 0.3 is 0 Å². The second-order valence-electron chi connectivity index (χ2n) is 5.18. The van der Waals surface area contributed by atoms with Crippen LogP contribution in [0.4, 0.5) is 5.69 Å². The summed E-state index contributed by atoms with van der Waals surface area (Å²) < 4.78 is 0. The van der Waals surface area contributed by atoms with Gasteiger partial charge in [-0.1, -0.05) is 31.0 Å². The van der Waals surface area contributed by atoms with E-state index in [0.29, 0.717) is 5.02 Å². The molecule has 0 aliphatic carbocycles. The van der Waals surface area contributed by atoms with E-state index in [-0.39, 0.29) is 5.91 Å². The minimum absolute atomic E-state index is 0.0414. The molecule has 0 unspecified atom stereocenters. The number of fused-ring (bicyclic) bond motifs is 1. The Morgan fingerprint density at radius 2 is 2.11 bits per heavy atom. The normalized spacial score (nSPS) is 19.6. The van der Waals surface area contributed by atoms with E-state index in [2.05, 4.69) is 18.3 Å². The summed E-state index contributed by atoms with van der Waals surface area (Å²) in [6.07, 6.45) is 4.20. The lowest BCUT2D eigenvalue weighted by molar-refractivity contribution is -0.121. The summed E-state index contributed by atoms with van der Waals surface area (Å²) >= 11 is 6.07. The number of hydrogen-bond donors (Lipinski definition) is 1. The first-order valence-corrected chi connectivity index (χ1v) is 6.66. The number of allylic oxidation sites excluding steroid dienone is 1. The maximum Gasteiger partial charge on any atom is 0.234 e. The number of carbonyl (C=O) groups is 1. The molecule has 0 bridgehead atoms. The maximum absolute atomic E-state index is 12.2. The van der Waals surface area contributed by atoms with Gasteiger partial charge in [-0.15, -0.1) is 0 Å². The predicted octanol–water partition coefficient (Wildman–Crippen LogP) is 4.50. The molecule has 0 saturated heterocycles. The van der Waals surface area contributed by atoms with Gasteiger partial charge in [0.05, 0.1) is 5.41 Å². The van der Waals surface area contributed by atoms with Crippen molar-refractivity contribution in [2.75, 3.05) is 5.32 Å². The highest BCUT2D eigenvalue weighted by molar-refractivity contribution is 6.31. The molecular formula is C15H18ClNO. The van der Waals surface area contributed by atoms with Crippen LogP contribution in [0.2, 0.25) is 5.02 Å². The van der Waals surface area contributed by atoms with Crippen LogP contribution in [0.15, 0.2) is 24.3 Å². The largest absolute Gasteiger partial charge is 0.325 e. The Morgan fingerprint density at radius 3 is 2.78 bits per heavy atom. The Morgan fingerprint density at radius 1 is 1.39 bits per heavy atom. The van der Waals surface area contributed by atoms with Gasteiger partial charge < -0.3 is 5.32 Å². The highest BCUT2D eigenvalue weighted by atomic mass is 35.5. The summed E-state index contributed by atoms with van der Waals surface area (Å²) in [6.45, 7) is 6.03. The summed E-state index contributed by atoms with van der Waals surface area (Å²) in [5, 5.41) is 3.64. The van der Waals surface area contributed by atoms with Crippen molar-refractivity contribution in [3.63, 3.8) is 0 Å². The standard InChI is InChI=1S/C15H18ClNO/c1-4-5-6-12-11-9-10(16)7-8-13(11)17-14(18)15(12,2)3/h6-9H,4-5H2,1-3H3,(H,17,18). The Labute approximate surface area is 113 Å². The summed E-state index contributed by atoms with van der Waals surface area (Å²) in [6, 6.07) is 5.60. The summed E-state index contributed by atoms with van der Waals surface area (Å²) in [5.74, 6) is 0.0414. The number of carbonyl (C=O) groups excluding carboxylic acids is 1. The third kappa shape index (κ3) is 2.17. The fourth-order valence-electron chi connectivity index (χ4n) is 2.24. The Bertz CT molecular complexity index is 517. The molecule has 0 aromatic heterocycles. The van der Waals surface area contributed by atoms with Crippen LogP contribution in [0.25, 0.3) is 5.57 Å². The van der Waals surface area contributed by atoms with E-state index in [4.69, 9.17) is 11.6 Å². The van der Waals surface area contributed by atoms with Crippen LogP contribution in [0.5, 0.6) is 0 Å². The van der Waals surface area contributed by atoms with E-state index >= 15 is 0 Å². The van der Waals surface area contributed by atoms with Crippen LogP contribution in [-0.4, -0.2) is 5.91 Å². The molecule has 0 saturated carbocycles. The molecular weight excluding hydrogens is 246 g/mol. The Balaban J connectivity index is 2.59. The number of hydrogen-bond acceptors (Lipinski definition) is 1. The maximum atomic E-state index is 12.2. The Kier molecular flexibility index (Phi) is 3.49. The van der Waals surface area contributed by atoms with Gasteiger partial charge in [0.1, 0.15) is 0 Å². The van der Waals surface area contributed by atoms with Crippen molar-refractivity contribution >= 4 is 28.8 Å². The van der Waals surface area contributed by atoms with Crippen LogP contribution in [0, 0.1) is 5.41 Å². The predicted molar refractivity (Wildman–Crippen MR) is 76.7 cm³/mol. The van der Waals surface area contributed by atoms with E-state index in [1.807, 2.05) is 26.0 Å². The fraction of sp³-hybridized carbons (Fsp3) is 0.400. The molecule has 3 heteroatoms. The molecule has 2 nitrogen and oxygen atoms in total. The summed E-state index contributed by atoms with van der Waals surface area (Å²) in [5.41, 5.74) is 2.46. The number of nitrogens with one attached hydrogen (secondary N) is 1. The first-order valence-electron chi connectivity index (χ1n) is 6.29. The van der Waals surface area contributed by atoms with Crippen LogP contribution in [0.1, 0.15) is 39.2 Å². The van der Waals surface area contributed by atoms with E-state index in [1.165, 1.54) is 0 Å². The second kappa shape index (κ2) is 4.77. The van der Waals surface area contributed by atoms with Gasteiger partial charge in [-0.05, 0) is 44.0 Å². The topological polar surface area (TPSA) is 29.1 Å². The second-order valence-corrected chi connectivity index (χ2v) is 5.61. The lowest BCUT2D eigenvalue weighted by Gasteiger charge is -2.34. The number of rotatable bonds is 2. The average molecular weight is 264 g/mol. The first-order chi connectivity index (χ1) is 8.46. The third-order valence-electron chi connectivity index (χ3n) is 3.40. The molecule has 2 rings (SSSR count). The van der Waals surface area contributed by atoms with Crippen molar-refractivity contribution in [1.29, 1.82) is 0 Å². The van der Waals surface area contributed by atoms with E-state index in [9.17, 15) is 4.79 Å². The highest BCUT2D eigenvalue weighted by Gasteiger charge is 2.37. The minimum Gasteiger partial charge on any atom is -0.325 e. The van der Waals surface area contributed by atoms with Gasteiger partial charge in [-0.3, -0.25) is 4.79 Å². The van der Waals surface area contributed by atoms with Gasteiger partial charge in [0.15, 0.2) is 0 Å². The fourth-order valence-corrected chi connectivity index (χ4v) is 2.41. The smallest absolute Gasteiger partial charge is 0.234 e. The van der Waals surface area contributed by atoms with E-state index < -0.39 is 5.41 Å². The minimum atomic E-state index is -0.507. The molecule has 1 N–H and O–H groups in total. The van der Waals surface area contributed by atoms with Crippen molar-refractivity contribution in [3.05, 3.63) is 34.9 Å². The molecule has 1 aromatic rings. The molecule has 0 spiro atoms. The molecule has 0 fully saturated rings. The molecule has 1 amide bonds. The van der Waals surface area contributed by atoms with Gasteiger partial charge in [0.25, 0.3) is 0 Å². The molecule has 1 heterocycles. The molecule has 1 aromatic carbocycles. The molecule has 1 aliphatic heterocycles. The zero-order valence-corrected chi connectivity index (χ0v) is 11.8. The lowest BCUT2D eigenvalue weighted by Crippen LogP contribution is -2.36. The number of unbranched alkanes of at least 4 members (excludes halogenated alkanes) is 1. The van der Waals surface area contributed by atoms with Crippen molar-refractivity contribution in [3.8, 4) is 0 Å². The van der Waals surface area contributed by atoms with Crippen LogP contribution in [0.3, 0.4) is 0 Å². The van der Waals surface area contributed by atoms with E-state index in [0.717, 1.165) is 29.7 Å². The monoisotopic (exact) mass is 263 g/mol. The van der Waals surface area contributed by atoms with Crippen molar-refractivity contribution in [2.45, 2.75) is 33.6 Å². The first kappa shape index (κ1) is 13.2. The molecule has 0 radical (unpaired) electrons. The lowest BCUT2D eigenvalue weighted by atomic mass is 9.75. The number of benzene rings is 1. The number of halogens is 1.